The van der Waals surface area contributed by atoms with E-state index >= 15 is 0 Å². The van der Waals surface area contributed by atoms with Crippen molar-refractivity contribution in [3.05, 3.63) is 186 Å². The summed E-state index contributed by atoms with van der Waals surface area (Å²) in [5.74, 6) is 0. The fraction of sp³-hybridized carbons (Fsp3) is 0.0980. The summed E-state index contributed by atoms with van der Waals surface area (Å²) in [4.78, 5) is 3.80. The fourth-order valence-corrected chi connectivity index (χ4v) is 8.71. The number of thiophene rings is 1. The van der Waals surface area contributed by atoms with Crippen molar-refractivity contribution in [2.24, 2.45) is 0 Å². The molecular formula is C51H44N2S. The Labute approximate surface area is 322 Å². The second-order valence-corrected chi connectivity index (χ2v) is 14.3. The lowest BCUT2D eigenvalue weighted by molar-refractivity contribution is 1.17. The van der Waals surface area contributed by atoms with Crippen molar-refractivity contribution in [1.82, 2.24) is 4.57 Å². The average Bonchev–Trinajstić information content (AvgIpc) is 3.77. The Morgan fingerprint density at radius 3 is 1.57 bits per heavy atom. The summed E-state index contributed by atoms with van der Waals surface area (Å²) in [6, 6.07) is 61.8. The molecule has 2 nitrogen and oxygen atoms in total. The molecule has 3 heteroatoms. The highest BCUT2D eigenvalue weighted by molar-refractivity contribution is 7.19. The molecule has 54 heavy (non-hydrogen) atoms. The number of rotatable bonds is 8. The minimum absolute atomic E-state index is 1.03. The number of allylic oxidation sites excluding steroid dienone is 1. The van der Waals surface area contributed by atoms with Crippen LogP contribution in [-0.2, 0) is 6.42 Å². The number of aromatic nitrogens is 1. The largest absolute Gasteiger partial charge is 0.310 e. The number of anilines is 3. The molecule has 9 aromatic rings. The Balaban J connectivity index is 0.00000203. The number of hydrogen-bond acceptors (Lipinski definition) is 2. The summed E-state index contributed by atoms with van der Waals surface area (Å²) < 4.78 is 3.76. The molecule has 0 aliphatic rings. The molecule has 0 amide bonds. The normalized spacial score (nSPS) is 11.3. The van der Waals surface area contributed by atoms with Crippen LogP contribution in [0.25, 0.3) is 65.9 Å². The lowest BCUT2D eigenvalue weighted by Gasteiger charge is -2.26. The van der Waals surface area contributed by atoms with Crippen molar-refractivity contribution in [3.8, 4) is 27.9 Å². The van der Waals surface area contributed by atoms with E-state index in [-0.39, 0.29) is 0 Å². The molecule has 0 unspecified atom stereocenters. The molecule has 7 aromatic carbocycles. The monoisotopic (exact) mass is 716 g/mol. The van der Waals surface area contributed by atoms with Crippen LogP contribution in [0.3, 0.4) is 0 Å². The number of benzene rings is 7. The summed E-state index contributed by atoms with van der Waals surface area (Å²) in [5, 5.41) is 3.80. The van der Waals surface area contributed by atoms with Crippen molar-refractivity contribution in [2.75, 3.05) is 4.90 Å². The minimum Gasteiger partial charge on any atom is -0.310 e. The molecule has 0 radical (unpaired) electrons. The Hall–Kier alpha value is -6.16. The summed E-state index contributed by atoms with van der Waals surface area (Å²) in [7, 11) is 0. The second kappa shape index (κ2) is 15.4. The molecule has 0 saturated heterocycles. The third-order valence-electron chi connectivity index (χ3n) is 10.1. The lowest BCUT2D eigenvalue weighted by atomic mass is 10.0. The SMILES string of the molecule is C/C=C\c1c(CC)sc2ccc(N(c3ccccc3)c3ccc(-n4c5cc(-c6ccccc6)ccc5c5ccc(-c6ccccc6)cc54)cc3)cc12.CC. The third-order valence-corrected chi connectivity index (χ3v) is 11.4. The molecule has 2 heterocycles. The molecule has 264 valence electrons. The molecule has 0 saturated carbocycles. The zero-order valence-corrected chi connectivity index (χ0v) is 32.1. The highest BCUT2D eigenvalue weighted by Gasteiger charge is 2.18. The van der Waals surface area contributed by atoms with Gasteiger partial charge in [0.05, 0.1) is 11.0 Å². The Morgan fingerprint density at radius 2 is 1.04 bits per heavy atom. The van der Waals surface area contributed by atoms with E-state index in [1.54, 1.807) is 0 Å². The molecule has 2 aromatic heterocycles. The minimum atomic E-state index is 1.03. The van der Waals surface area contributed by atoms with E-state index in [1.807, 2.05) is 25.2 Å². The average molecular weight is 717 g/mol. The summed E-state index contributed by atoms with van der Waals surface area (Å²) in [6.45, 7) is 8.35. The molecular weight excluding hydrogens is 673 g/mol. The zero-order valence-electron chi connectivity index (χ0n) is 31.3. The highest BCUT2D eigenvalue weighted by Crippen LogP contribution is 2.42. The Bertz CT molecular complexity index is 2610. The first-order chi connectivity index (χ1) is 26.7. The van der Waals surface area contributed by atoms with Crippen LogP contribution in [0, 0.1) is 0 Å². The van der Waals surface area contributed by atoms with Crippen molar-refractivity contribution in [2.45, 2.75) is 34.1 Å². The van der Waals surface area contributed by atoms with Crippen LogP contribution in [0.1, 0.15) is 38.1 Å². The van der Waals surface area contributed by atoms with Gasteiger partial charge in [0.2, 0.25) is 0 Å². The topological polar surface area (TPSA) is 8.17 Å². The van der Waals surface area contributed by atoms with Crippen molar-refractivity contribution in [3.63, 3.8) is 0 Å². The summed E-state index contributed by atoms with van der Waals surface area (Å²) in [5.41, 5.74) is 13.1. The quantitative estimate of drug-likeness (QED) is 0.152. The van der Waals surface area contributed by atoms with Crippen LogP contribution in [0.4, 0.5) is 17.1 Å². The molecule has 0 atom stereocenters. The lowest BCUT2D eigenvalue weighted by Crippen LogP contribution is -2.10. The molecule has 0 aliphatic carbocycles. The van der Waals surface area contributed by atoms with Crippen LogP contribution in [0.15, 0.2) is 176 Å². The van der Waals surface area contributed by atoms with Crippen LogP contribution in [0.2, 0.25) is 0 Å². The number of fused-ring (bicyclic) bond motifs is 4. The van der Waals surface area contributed by atoms with Gasteiger partial charge in [-0.2, -0.15) is 0 Å². The van der Waals surface area contributed by atoms with Crippen LogP contribution >= 0.6 is 11.3 Å². The number of aryl methyl sites for hydroxylation is 1. The second-order valence-electron chi connectivity index (χ2n) is 13.2. The smallest absolute Gasteiger partial charge is 0.0547 e. The fourth-order valence-electron chi connectivity index (χ4n) is 7.60. The summed E-state index contributed by atoms with van der Waals surface area (Å²) >= 11 is 1.90. The van der Waals surface area contributed by atoms with Crippen LogP contribution in [-0.4, -0.2) is 4.57 Å². The van der Waals surface area contributed by atoms with E-state index < -0.39 is 0 Å². The maximum absolute atomic E-state index is 2.44. The van der Waals surface area contributed by atoms with Crippen molar-refractivity contribution < 1.29 is 0 Å². The number of nitrogens with zero attached hydrogens (tertiary/aromatic N) is 2. The van der Waals surface area contributed by atoms with E-state index in [1.165, 1.54) is 64.6 Å². The van der Waals surface area contributed by atoms with Gasteiger partial charge in [-0.05, 0) is 108 Å². The molecule has 0 bridgehead atoms. The van der Waals surface area contributed by atoms with Gasteiger partial charge in [-0.3, -0.25) is 0 Å². The molecule has 0 spiro atoms. The van der Waals surface area contributed by atoms with Gasteiger partial charge in [0.1, 0.15) is 0 Å². The molecule has 0 aliphatic heterocycles. The van der Waals surface area contributed by atoms with Crippen molar-refractivity contribution in [1.29, 1.82) is 0 Å². The van der Waals surface area contributed by atoms with Crippen LogP contribution in [0.5, 0.6) is 0 Å². The number of hydrogen-bond donors (Lipinski definition) is 0. The molecule has 0 fully saturated rings. The summed E-state index contributed by atoms with van der Waals surface area (Å²) in [6.07, 6.45) is 5.45. The van der Waals surface area contributed by atoms with E-state index in [9.17, 15) is 0 Å². The van der Waals surface area contributed by atoms with Gasteiger partial charge >= 0.3 is 0 Å². The van der Waals surface area contributed by atoms with Gasteiger partial charge in [0.25, 0.3) is 0 Å². The third kappa shape index (κ3) is 6.42. The van der Waals surface area contributed by atoms with Gasteiger partial charge < -0.3 is 9.47 Å². The maximum Gasteiger partial charge on any atom is 0.0547 e. The van der Waals surface area contributed by atoms with Gasteiger partial charge in [-0.25, -0.2) is 0 Å². The molecule has 0 N–H and O–H groups in total. The predicted octanol–water partition coefficient (Wildman–Crippen LogP) is 15.4. The zero-order chi connectivity index (χ0) is 37.0. The number of para-hydroxylation sites is 1. The first-order valence-electron chi connectivity index (χ1n) is 19.0. The van der Waals surface area contributed by atoms with E-state index in [2.05, 4.69) is 205 Å². The van der Waals surface area contributed by atoms with Gasteiger partial charge in [-0.1, -0.05) is 136 Å². The predicted molar refractivity (Wildman–Crippen MR) is 237 cm³/mol. The first-order valence-corrected chi connectivity index (χ1v) is 19.8. The van der Waals surface area contributed by atoms with Gasteiger partial charge in [0, 0.05) is 48.5 Å². The maximum atomic E-state index is 2.44. The van der Waals surface area contributed by atoms with E-state index in [4.69, 9.17) is 0 Å². The highest BCUT2D eigenvalue weighted by atomic mass is 32.1. The van der Waals surface area contributed by atoms with E-state index in [0.717, 1.165) is 29.2 Å². The Morgan fingerprint density at radius 1 is 0.519 bits per heavy atom. The van der Waals surface area contributed by atoms with E-state index in [0.29, 0.717) is 0 Å². The van der Waals surface area contributed by atoms with Crippen LogP contribution < -0.4 is 4.90 Å². The standard InChI is InChI=1S/C49H38N2S.C2H6/c1-3-14-44-45-33-41(27-30-49(45)52-48(44)4-2)50(38-19-12-7-13-20-38)39-23-25-40(26-24-39)51-46-31-36(34-15-8-5-9-16-34)21-28-42(46)43-29-22-37(32-47(43)51)35-17-10-6-11-18-35;1-2/h3,5-33H,4H2,1-2H3;1-2H3/b14-3-;. The van der Waals surface area contributed by atoms with Gasteiger partial charge in [0.15, 0.2) is 0 Å². The first kappa shape index (κ1) is 34.9. The van der Waals surface area contributed by atoms with Gasteiger partial charge in [-0.15, -0.1) is 11.3 Å². The van der Waals surface area contributed by atoms with Crippen molar-refractivity contribution >= 4 is 66.4 Å². The molecule has 9 rings (SSSR count). The Kier molecular flexibility index (Phi) is 9.98.